The molecule has 1 saturated carbocycles. The van der Waals surface area contributed by atoms with Gasteiger partial charge < -0.3 is 15.6 Å². The Bertz CT molecular complexity index is 1680. The number of pyridine rings is 1. The van der Waals surface area contributed by atoms with Crippen LogP contribution in [-0.4, -0.2) is 36.3 Å². The fourth-order valence-corrected chi connectivity index (χ4v) is 5.48. The van der Waals surface area contributed by atoms with Crippen molar-refractivity contribution in [2.24, 2.45) is 5.73 Å². The first-order chi connectivity index (χ1) is 17.6. The molecule has 8 nitrogen and oxygen atoms in total. The average molecular weight is 494 g/mol. The summed E-state index contributed by atoms with van der Waals surface area (Å²) in [6.07, 6.45) is 2.81. The molecule has 2 aromatic carbocycles. The van der Waals surface area contributed by atoms with Gasteiger partial charge >= 0.3 is 5.97 Å². The lowest BCUT2D eigenvalue weighted by Gasteiger charge is -2.49. The van der Waals surface area contributed by atoms with Crippen LogP contribution in [-0.2, 0) is 10.3 Å². The monoisotopic (exact) mass is 493 g/mol. The molecule has 0 unspecified atom stereocenters. The van der Waals surface area contributed by atoms with Gasteiger partial charge in [-0.05, 0) is 44.4 Å². The zero-order chi connectivity index (χ0) is 25.9. The summed E-state index contributed by atoms with van der Waals surface area (Å²) in [7, 11) is 0. The van der Waals surface area contributed by atoms with Gasteiger partial charge in [-0.1, -0.05) is 42.5 Å². The summed E-state index contributed by atoms with van der Waals surface area (Å²) in [5, 5.41) is 15.6. The van der Waals surface area contributed by atoms with Gasteiger partial charge in [0.2, 0.25) is 0 Å². The predicted molar refractivity (Wildman–Crippen MR) is 141 cm³/mol. The zero-order valence-electron chi connectivity index (χ0n) is 20.9. The Morgan fingerprint density at radius 1 is 1.08 bits per heavy atom. The number of nitrogens with zero attached hydrogens (tertiary/aromatic N) is 4. The molecule has 5 aromatic rings. The lowest BCUT2D eigenvalue weighted by Crippen LogP contribution is -2.58. The molecule has 0 atom stereocenters. The van der Waals surface area contributed by atoms with Crippen LogP contribution in [0.1, 0.15) is 37.9 Å². The molecule has 0 bridgehead atoms. The van der Waals surface area contributed by atoms with Gasteiger partial charge in [0.05, 0.1) is 17.0 Å². The molecule has 0 spiro atoms. The van der Waals surface area contributed by atoms with Crippen molar-refractivity contribution in [2.75, 3.05) is 0 Å². The Balaban J connectivity index is 1.56. The van der Waals surface area contributed by atoms with Gasteiger partial charge in [-0.15, -0.1) is 0 Å². The molecule has 0 aliphatic heterocycles. The standard InChI is InChI=1S/C29H27N5O3/c1-17-12-25-31-14-20-13-23(22-6-4-5-7-24(22)37-18(2)35)26(32-27(20)34(25)33-17)19-8-10-21(11-9-19)29(30)15-28(3,36)16-29/h4-14,36H,15-16,30H2,1-3H3. The van der Waals surface area contributed by atoms with Gasteiger partial charge in [-0.3, -0.25) is 4.79 Å². The van der Waals surface area contributed by atoms with Crippen LogP contribution in [0.15, 0.2) is 66.9 Å². The second-order valence-electron chi connectivity index (χ2n) is 10.3. The minimum Gasteiger partial charge on any atom is -0.426 e. The van der Waals surface area contributed by atoms with E-state index >= 15 is 0 Å². The maximum absolute atomic E-state index is 11.8. The van der Waals surface area contributed by atoms with Crippen LogP contribution in [0.5, 0.6) is 5.75 Å². The molecule has 37 heavy (non-hydrogen) atoms. The largest absolute Gasteiger partial charge is 0.426 e. The number of ether oxygens (including phenoxy) is 1. The maximum atomic E-state index is 11.8. The van der Waals surface area contributed by atoms with Crippen molar-refractivity contribution in [1.29, 1.82) is 0 Å². The van der Waals surface area contributed by atoms with E-state index in [2.05, 4.69) is 10.1 Å². The van der Waals surface area contributed by atoms with Crippen LogP contribution < -0.4 is 10.5 Å². The van der Waals surface area contributed by atoms with Crippen LogP contribution in [0.2, 0.25) is 0 Å². The molecule has 3 aromatic heterocycles. The van der Waals surface area contributed by atoms with E-state index < -0.39 is 17.1 Å². The molecular weight excluding hydrogens is 466 g/mol. The van der Waals surface area contributed by atoms with E-state index in [0.717, 1.165) is 33.3 Å². The number of carbonyl (C=O) groups excluding carboxylic acids is 1. The number of fused-ring (bicyclic) bond motifs is 3. The lowest BCUT2D eigenvalue weighted by molar-refractivity contribution is -0.131. The van der Waals surface area contributed by atoms with E-state index in [9.17, 15) is 9.90 Å². The van der Waals surface area contributed by atoms with Crippen molar-refractivity contribution in [3.8, 4) is 28.1 Å². The molecule has 6 rings (SSSR count). The molecule has 0 radical (unpaired) electrons. The second-order valence-corrected chi connectivity index (χ2v) is 10.3. The average Bonchev–Trinajstić information content (AvgIpc) is 3.23. The zero-order valence-corrected chi connectivity index (χ0v) is 20.9. The molecule has 1 aliphatic carbocycles. The van der Waals surface area contributed by atoms with E-state index in [1.807, 2.05) is 68.4 Å². The fraction of sp³-hybridized carbons (Fsp3) is 0.241. The predicted octanol–water partition coefficient (Wildman–Crippen LogP) is 4.54. The third kappa shape index (κ3) is 4.04. The number of aliphatic hydroxyl groups is 1. The van der Waals surface area contributed by atoms with E-state index in [4.69, 9.17) is 15.5 Å². The molecule has 1 fully saturated rings. The minimum absolute atomic E-state index is 0.396. The quantitative estimate of drug-likeness (QED) is 0.279. The first-order valence-corrected chi connectivity index (χ1v) is 12.2. The first-order valence-electron chi connectivity index (χ1n) is 12.2. The highest BCUT2D eigenvalue weighted by molar-refractivity contribution is 5.92. The molecule has 0 amide bonds. The van der Waals surface area contributed by atoms with E-state index in [-0.39, 0.29) is 0 Å². The van der Waals surface area contributed by atoms with Crippen molar-refractivity contribution in [3.05, 3.63) is 78.1 Å². The van der Waals surface area contributed by atoms with Gasteiger partial charge in [0.25, 0.3) is 0 Å². The summed E-state index contributed by atoms with van der Waals surface area (Å²) in [5.74, 6) is 0.0581. The molecule has 0 saturated heterocycles. The number of carbonyl (C=O) groups is 1. The number of esters is 1. The summed E-state index contributed by atoms with van der Waals surface area (Å²) < 4.78 is 7.29. The molecule has 3 heterocycles. The number of hydrogen-bond acceptors (Lipinski definition) is 7. The SMILES string of the molecule is CC(=O)Oc1ccccc1-c1cc2cnc3cc(C)nn3c2nc1-c1ccc(C2(N)CC(C)(O)C2)cc1. The van der Waals surface area contributed by atoms with Crippen LogP contribution in [0.3, 0.4) is 0 Å². The molecule has 3 N–H and O–H groups in total. The summed E-state index contributed by atoms with van der Waals surface area (Å²) in [4.78, 5) is 21.5. The summed E-state index contributed by atoms with van der Waals surface area (Å²) >= 11 is 0. The Labute approximate surface area is 213 Å². The highest BCUT2D eigenvalue weighted by atomic mass is 16.5. The lowest BCUT2D eigenvalue weighted by atomic mass is 9.63. The van der Waals surface area contributed by atoms with E-state index in [1.54, 1.807) is 16.8 Å². The summed E-state index contributed by atoms with van der Waals surface area (Å²) in [5.41, 5.74) is 11.6. The van der Waals surface area contributed by atoms with Crippen LogP contribution in [0.25, 0.3) is 39.1 Å². The van der Waals surface area contributed by atoms with Gasteiger partial charge in [-0.25, -0.2) is 9.97 Å². The van der Waals surface area contributed by atoms with Gasteiger partial charge in [-0.2, -0.15) is 9.61 Å². The van der Waals surface area contributed by atoms with Crippen LogP contribution in [0, 0.1) is 6.92 Å². The Kier molecular flexibility index (Phi) is 5.15. The molecular formula is C29H27N5O3. The summed E-state index contributed by atoms with van der Waals surface area (Å²) in [6.45, 7) is 5.12. The van der Waals surface area contributed by atoms with E-state index in [1.165, 1.54) is 6.92 Å². The number of aromatic nitrogens is 4. The topological polar surface area (TPSA) is 116 Å². The van der Waals surface area contributed by atoms with Crippen LogP contribution >= 0.6 is 0 Å². The Hall–Kier alpha value is -4.14. The maximum Gasteiger partial charge on any atom is 0.308 e. The fourth-order valence-electron chi connectivity index (χ4n) is 5.48. The van der Waals surface area contributed by atoms with Crippen molar-refractivity contribution < 1.29 is 14.6 Å². The van der Waals surface area contributed by atoms with Crippen molar-refractivity contribution in [2.45, 2.75) is 44.8 Å². The van der Waals surface area contributed by atoms with Gasteiger partial charge in [0.15, 0.2) is 11.3 Å². The van der Waals surface area contributed by atoms with E-state index in [0.29, 0.717) is 35.6 Å². The number of aryl methyl sites for hydroxylation is 1. The molecule has 8 heteroatoms. The number of benzene rings is 2. The van der Waals surface area contributed by atoms with Crippen LogP contribution in [0.4, 0.5) is 0 Å². The van der Waals surface area contributed by atoms with Crippen molar-refractivity contribution in [1.82, 2.24) is 19.6 Å². The highest BCUT2D eigenvalue weighted by Crippen LogP contribution is 2.46. The molecule has 186 valence electrons. The van der Waals surface area contributed by atoms with Gasteiger partial charge in [0, 0.05) is 46.8 Å². The second kappa shape index (κ2) is 8.19. The number of rotatable bonds is 4. The molecule has 1 aliphatic rings. The third-order valence-corrected chi connectivity index (χ3v) is 6.94. The third-order valence-electron chi connectivity index (χ3n) is 6.94. The smallest absolute Gasteiger partial charge is 0.308 e. The Morgan fingerprint density at radius 3 is 2.51 bits per heavy atom. The highest BCUT2D eigenvalue weighted by Gasteiger charge is 2.49. The number of para-hydroxylation sites is 1. The number of hydrogen-bond donors (Lipinski definition) is 2. The summed E-state index contributed by atoms with van der Waals surface area (Å²) in [6, 6.07) is 19.3. The number of nitrogens with two attached hydrogens (primary N) is 1. The normalized spacial score (nSPS) is 21.2. The van der Waals surface area contributed by atoms with Crippen molar-refractivity contribution >= 4 is 22.6 Å². The Morgan fingerprint density at radius 2 is 1.81 bits per heavy atom. The minimum atomic E-state index is -0.734. The van der Waals surface area contributed by atoms with Crippen molar-refractivity contribution in [3.63, 3.8) is 0 Å². The van der Waals surface area contributed by atoms with Gasteiger partial charge in [0.1, 0.15) is 5.75 Å². The first kappa shape index (κ1) is 23.3.